The van der Waals surface area contributed by atoms with Crippen molar-refractivity contribution in [2.24, 2.45) is 0 Å². The second kappa shape index (κ2) is 9.48. The predicted molar refractivity (Wildman–Crippen MR) is 159 cm³/mol. The van der Waals surface area contributed by atoms with Gasteiger partial charge >= 0.3 is 0 Å². The second-order valence-electron chi connectivity index (χ2n) is 10.1. The Bertz CT molecular complexity index is 1690. The van der Waals surface area contributed by atoms with Crippen LogP contribution in [0.2, 0.25) is 0 Å². The van der Waals surface area contributed by atoms with E-state index in [1.165, 1.54) is 22.3 Å². The molecule has 0 fully saturated rings. The largest absolute Gasteiger partial charge is 0.311 e. The standard InChI is InChI=1S/C37H27N/c1-4-27-19-23-33-34-24-20-29(26-36(34)37(2,3)35(33)25-27)16-15-28-17-21-32(22-18-28)38(30-11-7-5-8-12-30)31-13-9-6-10-14-31/h1,5-14,17-26H,2-3H3. The molecule has 0 aromatic heterocycles. The molecule has 180 valence electrons. The minimum Gasteiger partial charge on any atom is -0.311 e. The predicted octanol–water partition coefficient (Wildman–Crippen LogP) is 8.84. The molecule has 0 aliphatic heterocycles. The number of terminal acetylenes is 1. The van der Waals surface area contributed by atoms with E-state index >= 15 is 0 Å². The first kappa shape index (κ1) is 23.4. The highest BCUT2D eigenvalue weighted by atomic mass is 15.1. The van der Waals surface area contributed by atoms with Crippen LogP contribution < -0.4 is 4.90 Å². The van der Waals surface area contributed by atoms with Crippen LogP contribution in [0.25, 0.3) is 11.1 Å². The monoisotopic (exact) mass is 485 g/mol. The highest BCUT2D eigenvalue weighted by Gasteiger charge is 2.35. The number of para-hydroxylation sites is 2. The number of rotatable bonds is 3. The fraction of sp³-hybridized carbons (Fsp3) is 0.0811. The lowest BCUT2D eigenvalue weighted by Crippen LogP contribution is -2.15. The summed E-state index contributed by atoms with van der Waals surface area (Å²) in [7, 11) is 0. The summed E-state index contributed by atoms with van der Waals surface area (Å²) in [5.41, 5.74) is 11.2. The third-order valence-corrected chi connectivity index (χ3v) is 7.35. The summed E-state index contributed by atoms with van der Waals surface area (Å²) >= 11 is 0. The Balaban J connectivity index is 1.30. The van der Waals surface area contributed by atoms with Gasteiger partial charge in [-0.2, -0.15) is 0 Å². The van der Waals surface area contributed by atoms with Crippen LogP contribution in [0, 0.1) is 24.2 Å². The maximum Gasteiger partial charge on any atom is 0.0462 e. The van der Waals surface area contributed by atoms with Crippen molar-refractivity contribution in [2.75, 3.05) is 4.90 Å². The van der Waals surface area contributed by atoms with Crippen LogP contribution >= 0.6 is 0 Å². The van der Waals surface area contributed by atoms with Gasteiger partial charge in [0.15, 0.2) is 0 Å². The number of fused-ring (bicyclic) bond motifs is 3. The van der Waals surface area contributed by atoms with E-state index in [4.69, 9.17) is 6.42 Å². The summed E-state index contributed by atoms with van der Waals surface area (Å²) in [5.74, 6) is 9.54. The molecule has 0 N–H and O–H groups in total. The Morgan fingerprint density at radius 1 is 0.526 bits per heavy atom. The molecule has 5 aromatic carbocycles. The van der Waals surface area contributed by atoms with Gasteiger partial charge in [0.2, 0.25) is 0 Å². The van der Waals surface area contributed by atoms with Gasteiger partial charge in [-0.1, -0.05) is 80.1 Å². The van der Waals surface area contributed by atoms with Crippen LogP contribution in [-0.2, 0) is 5.41 Å². The molecule has 1 aliphatic carbocycles. The van der Waals surface area contributed by atoms with Gasteiger partial charge in [-0.3, -0.25) is 0 Å². The van der Waals surface area contributed by atoms with Crippen LogP contribution in [0.4, 0.5) is 17.1 Å². The first-order valence-electron chi connectivity index (χ1n) is 12.8. The lowest BCUT2D eigenvalue weighted by molar-refractivity contribution is 0.660. The maximum absolute atomic E-state index is 5.67. The van der Waals surface area contributed by atoms with Crippen LogP contribution in [0.3, 0.4) is 0 Å². The third kappa shape index (κ3) is 4.16. The van der Waals surface area contributed by atoms with Crippen LogP contribution in [0.1, 0.15) is 41.7 Å². The van der Waals surface area contributed by atoms with Gasteiger partial charge in [0.05, 0.1) is 0 Å². The molecule has 0 saturated carbocycles. The molecule has 0 amide bonds. The first-order valence-corrected chi connectivity index (χ1v) is 12.8. The minimum atomic E-state index is -0.116. The average molecular weight is 486 g/mol. The van der Waals surface area contributed by atoms with Crippen molar-refractivity contribution >= 4 is 17.1 Å². The summed E-state index contributed by atoms with van der Waals surface area (Å²) in [4.78, 5) is 2.25. The minimum absolute atomic E-state index is 0.116. The Labute approximate surface area is 225 Å². The molecule has 0 heterocycles. The summed E-state index contributed by atoms with van der Waals surface area (Å²) in [5, 5.41) is 0. The number of anilines is 3. The number of hydrogen-bond acceptors (Lipinski definition) is 1. The van der Waals surface area contributed by atoms with Crippen molar-refractivity contribution in [3.63, 3.8) is 0 Å². The molecule has 0 bridgehead atoms. The van der Waals surface area contributed by atoms with Gasteiger partial charge in [0.25, 0.3) is 0 Å². The van der Waals surface area contributed by atoms with Crippen LogP contribution in [-0.4, -0.2) is 0 Å². The number of nitrogens with zero attached hydrogens (tertiary/aromatic N) is 1. The van der Waals surface area contributed by atoms with Gasteiger partial charge in [-0.25, -0.2) is 0 Å². The molecule has 0 spiro atoms. The van der Waals surface area contributed by atoms with E-state index in [1.54, 1.807) is 0 Å². The van der Waals surface area contributed by atoms with Crippen molar-refractivity contribution in [2.45, 2.75) is 19.3 Å². The van der Waals surface area contributed by atoms with E-state index in [2.05, 4.69) is 140 Å². The summed E-state index contributed by atoms with van der Waals surface area (Å²) < 4.78 is 0. The molecular formula is C37H27N. The number of benzene rings is 5. The van der Waals surface area contributed by atoms with Crippen molar-refractivity contribution < 1.29 is 0 Å². The molecule has 1 nitrogen and oxygen atoms in total. The van der Waals surface area contributed by atoms with Crippen molar-refractivity contribution in [3.05, 3.63) is 149 Å². The fourth-order valence-corrected chi connectivity index (χ4v) is 5.34. The molecule has 1 heteroatoms. The van der Waals surface area contributed by atoms with Crippen molar-refractivity contribution in [1.82, 2.24) is 0 Å². The topological polar surface area (TPSA) is 3.24 Å². The second-order valence-corrected chi connectivity index (χ2v) is 10.1. The van der Waals surface area contributed by atoms with Crippen LogP contribution in [0.15, 0.2) is 121 Å². The highest BCUT2D eigenvalue weighted by Crippen LogP contribution is 2.49. The lowest BCUT2D eigenvalue weighted by atomic mass is 9.81. The average Bonchev–Trinajstić information content (AvgIpc) is 3.19. The fourth-order valence-electron chi connectivity index (χ4n) is 5.34. The molecular weight excluding hydrogens is 458 g/mol. The Morgan fingerprint density at radius 2 is 0.974 bits per heavy atom. The summed E-state index contributed by atoms with van der Waals surface area (Å²) in [6.07, 6.45) is 5.67. The molecule has 0 unspecified atom stereocenters. The van der Waals surface area contributed by atoms with Gasteiger partial charge in [-0.05, 0) is 95.1 Å². The van der Waals surface area contributed by atoms with Crippen molar-refractivity contribution in [1.29, 1.82) is 0 Å². The van der Waals surface area contributed by atoms with E-state index in [9.17, 15) is 0 Å². The highest BCUT2D eigenvalue weighted by molar-refractivity contribution is 5.82. The molecule has 0 saturated heterocycles. The van der Waals surface area contributed by atoms with E-state index in [-0.39, 0.29) is 5.41 Å². The lowest BCUT2D eigenvalue weighted by Gasteiger charge is -2.25. The summed E-state index contributed by atoms with van der Waals surface area (Å²) in [6, 6.07) is 42.2. The zero-order valence-corrected chi connectivity index (χ0v) is 21.6. The molecule has 6 rings (SSSR count). The third-order valence-electron chi connectivity index (χ3n) is 7.35. The SMILES string of the molecule is C#Cc1ccc2c(c1)C(C)(C)c1cc(C#Cc3ccc(N(c4ccccc4)c4ccccc4)cc3)ccc1-2. The Morgan fingerprint density at radius 3 is 1.53 bits per heavy atom. The molecule has 1 aliphatic rings. The van der Waals surface area contributed by atoms with Gasteiger partial charge < -0.3 is 4.90 Å². The van der Waals surface area contributed by atoms with Crippen molar-refractivity contribution in [3.8, 4) is 35.3 Å². The van der Waals surface area contributed by atoms with E-state index in [0.29, 0.717) is 0 Å². The zero-order valence-electron chi connectivity index (χ0n) is 21.6. The number of hydrogen-bond donors (Lipinski definition) is 0. The quantitative estimate of drug-likeness (QED) is 0.231. The van der Waals surface area contributed by atoms with E-state index < -0.39 is 0 Å². The molecule has 0 atom stereocenters. The molecule has 0 radical (unpaired) electrons. The first-order chi connectivity index (χ1) is 18.5. The van der Waals surface area contributed by atoms with Gasteiger partial charge in [0.1, 0.15) is 0 Å². The van der Waals surface area contributed by atoms with Crippen LogP contribution in [0.5, 0.6) is 0 Å². The maximum atomic E-state index is 5.67. The van der Waals surface area contributed by atoms with E-state index in [1.807, 2.05) is 18.2 Å². The van der Waals surface area contributed by atoms with E-state index in [0.717, 1.165) is 33.8 Å². The smallest absolute Gasteiger partial charge is 0.0462 e. The summed E-state index contributed by atoms with van der Waals surface area (Å²) in [6.45, 7) is 4.53. The Kier molecular flexibility index (Phi) is 5.84. The normalized spacial score (nSPS) is 12.4. The van der Waals surface area contributed by atoms with Gasteiger partial charge in [-0.15, -0.1) is 6.42 Å². The Hall–Kier alpha value is -4.98. The van der Waals surface area contributed by atoms with Gasteiger partial charge in [0, 0.05) is 39.2 Å². The molecule has 5 aromatic rings. The zero-order chi connectivity index (χ0) is 26.1. The molecule has 38 heavy (non-hydrogen) atoms.